The van der Waals surface area contributed by atoms with Gasteiger partial charge in [0.15, 0.2) is 6.79 Å². The van der Waals surface area contributed by atoms with Gasteiger partial charge in [0.05, 0.1) is 0 Å². The van der Waals surface area contributed by atoms with Crippen LogP contribution in [0.4, 0.5) is 0 Å². The first-order chi connectivity index (χ1) is 5.33. The number of benzene rings is 1. The maximum absolute atomic E-state index is 5.19. The van der Waals surface area contributed by atoms with Crippen molar-refractivity contribution in [1.29, 1.82) is 0 Å². The van der Waals surface area contributed by atoms with Crippen molar-refractivity contribution in [3.05, 3.63) is 29.8 Å². The quantitative estimate of drug-likeness (QED) is 0.616. The molecule has 0 N–H and O–H groups in total. The highest BCUT2D eigenvalue weighted by Gasteiger charge is 1.89. The predicted molar refractivity (Wildman–Crippen MR) is 43.7 cm³/mol. The SMILES string of the molecule is COCOc1ccc(C)cc1. The Morgan fingerprint density at radius 1 is 1.18 bits per heavy atom. The van der Waals surface area contributed by atoms with Gasteiger partial charge in [0.25, 0.3) is 0 Å². The fraction of sp³-hybridized carbons (Fsp3) is 0.333. The van der Waals surface area contributed by atoms with Gasteiger partial charge in [-0.1, -0.05) is 17.7 Å². The molecule has 11 heavy (non-hydrogen) atoms. The fourth-order valence-corrected chi connectivity index (χ4v) is 0.761. The third-order valence-electron chi connectivity index (χ3n) is 1.36. The van der Waals surface area contributed by atoms with Crippen molar-refractivity contribution in [3.8, 4) is 5.75 Å². The molecule has 2 nitrogen and oxygen atoms in total. The molecule has 0 spiro atoms. The van der Waals surface area contributed by atoms with Gasteiger partial charge in [-0.3, -0.25) is 0 Å². The van der Waals surface area contributed by atoms with Crippen LogP contribution in [0, 0.1) is 6.92 Å². The highest BCUT2D eigenvalue weighted by atomic mass is 16.7. The van der Waals surface area contributed by atoms with Crippen LogP contribution in [-0.2, 0) is 4.74 Å². The van der Waals surface area contributed by atoms with Crippen LogP contribution in [0.3, 0.4) is 0 Å². The van der Waals surface area contributed by atoms with E-state index in [0.29, 0.717) is 6.79 Å². The molecule has 0 amide bonds. The summed E-state index contributed by atoms with van der Waals surface area (Å²) in [5.74, 6) is 0.845. The number of ether oxygens (including phenoxy) is 2. The van der Waals surface area contributed by atoms with Crippen LogP contribution < -0.4 is 4.74 Å². The minimum absolute atomic E-state index is 0.309. The molecule has 1 aromatic rings. The van der Waals surface area contributed by atoms with Crippen LogP contribution in [0.2, 0.25) is 0 Å². The summed E-state index contributed by atoms with van der Waals surface area (Å²) in [6.07, 6.45) is 0. The largest absolute Gasteiger partial charge is 0.468 e. The molecule has 0 heterocycles. The summed E-state index contributed by atoms with van der Waals surface area (Å²) < 4.78 is 9.94. The van der Waals surface area contributed by atoms with E-state index in [4.69, 9.17) is 9.47 Å². The molecule has 0 bridgehead atoms. The van der Waals surface area contributed by atoms with Crippen LogP contribution in [0.25, 0.3) is 0 Å². The second kappa shape index (κ2) is 3.98. The Balaban J connectivity index is 2.52. The molecular formula is C9H12O2. The summed E-state index contributed by atoms with van der Waals surface area (Å²) in [5, 5.41) is 0. The molecular weight excluding hydrogens is 140 g/mol. The Kier molecular flexibility index (Phi) is 2.93. The van der Waals surface area contributed by atoms with E-state index in [-0.39, 0.29) is 0 Å². The first-order valence-electron chi connectivity index (χ1n) is 3.51. The maximum atomic E-state index is 5.19. The van der Waals surface area contributed by atoms with Gasteiger partial charge in [-0.15, -0.1) is 0 Å². The lowest BCUT2D eigenvalue weighted by Gasteiger charge is -2.03. The van der Waals surface area contributed by atoms with Crippen molar-refractivity contribution in [3.63, 3.8) is 0 Å². The van der Waals surface area contributed by atoms with E-state index in [0.717, 1.165) is 5.75 Å². The van der Waals surface area contributed by atoms with Crippen LogP contribution in [0.15, 0.2) is 24.3 Å². The van der Waals surface area contributed by atoms with Gasteiger partial charge >= 0.3 is 0 Å². The number of aryl methyl sites for hydroxylation is 1. The molecule has 0 radical (unpaired) electrons. The van der Waals surface area contributed by atoms with Gasteiger partial charge in [0.2, 0.25) is 0 Å². The van der Waals surface area contributed by atoms with Gasteiger partial charge < -0.3 is 9.47 Å². The molecule has 0 fully saturated rings. The summed E-state index contributed by atoms with van der Waals surface area (Å²) in [5.41, 5.74) is 1.23. The van der Waals surface area contributed by atoms with Crippen molar-refractivity contribution < 1.29 is 9.47 Å². The Hall–Kier alpha value is -1.02. The molecule has 0 saturated carbocycles. The molecule has 0 saturated heterocycles. The normalized spacial score (nSPS) is 9.64. The van der Waals surface area contributed by atoms with Crippen molar-refractivity contribution in [1.82, 2.24) is 0 Å². The number of methoxy groups -OCH3 is 1. The number of rotatable bonds is 3. The average molecular weight is 152 g/mol. The zero-order chi connectivity index (χ0) is 8.10. The van der Waals surface area contributed by atoms with Crippen molar-refractivity contribution >= 4 is 0 Å². The number of hydrogen-bond acceptors (Lipinski definition) is 2. The standard InChI is InChI=1S/C9H12O2/c1-8-3-5-9(6-4-8)11-7-10-2/h3-6H,7H2,1-2H3. The van der Waals surface area contributed by atoms with E-state index in [2.05, 4.69) is 0 Å². The smallest absolute Gasteiger partial charge is 0.188 e. The minimum atomic E-state index is 0.309. The second-order valence-electron chi connectivity index (χ2n) is 2.36. The Bertz CT molecular complexity index is 203. The molecule has 1 aromatic carbocycles. The van der Waals surface area contributed by atoms with E-state index in [1.54, 1.807) is 7.11 Å². The summed E-state index contributed by atoms with van der Waals surface area (Å²) in [4.78, 5) is 0. The molecule has 0 aliphatic rings. The van der Waals surface area contributed by atoms with Crippen molar-refractivity contribution in [2.24, 2.45) is 0 Å². The van der Waals surface area contributed by atoms with Gasteiger partial charge in [-0.05, 0) is 19.1 Å². The topological polar surface area (TPSA) is 18.5 Å². The second-order valence-corrected chi connectivity index (χ2v) is 2.36. The van der Waals surface area contributed by atoms with E-state index >= 15 is 0 Å². The van der Waals surface area contributed by atoms with Crippen molar-refractivity contribution in [2.45, 2.75) is 6.92 Å². The van der Waals surface area contributed by atoms with Gasteiger partial charge in [-0.2, -0.15) is 0 Å². The molecule has 2 heteroatoms. The summed E-state index contributed by atoms with van der Waals surface area (Å²) in [7, 11) is 1.61. The zero-order valence-corrected chi connectivity index (χ0v) is 6.83. The Labute approximate surface area is 66.8 Å². The lowest BCUT2D eigenvalue weighted by atomic mass is 10.2. The lowest BCUT2D eigenvalue weighted by Crippen LogP contribution is -1.98. The molecule has 60 valence electrons. The van der Waals surface area contributed by atoms with Crippen LogP contribution >= 0.6 is 0 Å². The fourth-order valence-electron chi connectivity index (χ4n) is 0.761. The van der Waals surface area contributed by atoms with Crippen LogP contribution in [0.1, 0.15) is 5.56 Å². The molecule has 0 aliphatic carbocycles. The van der Waals surface area contributed by atoms with E-state index in [1.165, 1.54) is 5.56 Å². The first-order valence-corrected chi connectivity index (χ1v) is 3.51. The van der Waals surface area contributed by atoms with E-state index < -0.39 is 0 Å². The third-order valence-corrected chi connectivity index (χ3v) is 1.36. The van der Waals surface area contributed by atoms with Crippen molar-refractivity contribution in [2.75, 3.05) is 13.9 Å². The predicted octanol–water partition coefficient (Wildman–Crippen LogP) is 1.98. The molecule has 0 atom stereocenters. The van der Waals surface area contributed by atoms with E-state index in [1.807, 2.05) is 31.2 Å². The monoisotopic (exact) mass is 152 g/mol. The highest BCUT2D eigenvalue weighted by Crippen LogP contribution is 2.10. The average Bonchev–Trinajstić information content (AvgIpc) is 2.04. The van der Waals surface area contributed by atoms with Crippen LogP contribution in [0.5, 0.6) is 5.75 Å². The molecule has 0 unspecified atom stereocenters. The molecule has 1 rings (SSSR count). The summed E-state index contributed by atoms with van der Waals surface area (Å²) in [6.45, 7) is 2.35. The third kappa shape index (κ3) is 2.60. The Morgan fingerprint density at radius 2 is 1.82 bits per heavy atom. The first kappa shape index (κ1) is 8.08. The lowest BCUT2D eigenvalue weighted by molar-refractivity contribution is 0.0511. The van der Waals surface area contributed by atoms with E-state index in [9.17, 15) is 0 Å². The highest BCUT2D eigenvalue weighted by molar-refractivity contribution is 5.26. The molecule has 0 aromatic heterocycles. The summed E-state index contributed by atoms with van der Waals surface area (Å²) in [6, 6.07) is 7.86. The zero-order valence-electron chi connectivity index (χ0n) is 6.83. The van der Waals surface area contributed by atoms with Gasteiger partial charge in [0, 0.05) is 7.11 Å². The molecule has 0 aliphatic heterocycles. The maximum Gasteiger partial charge on any atom is 0.188 e. The number of hydrogen-bond donors (Lipinski definition) is 0. The minimum Gasteiger partial charge on any atom is -0.468 e. The van der Waals surface area contributed by atoms with Crippen LogP contribution in [-0.4, -0.2) is 13.9 Å². The van der Waals surface area contributed by atoms with Gasteiger partial charge in [-0.25, -0.2) is 0 Å². The van der Waals surface area contributed by atoms with Gasteiger partial charge in [0.1, 0.15) is 5.75 Å². The summed E-state index contributed by atoms with van der Waals surface area (Å²) >= 11 is 0. The Morgan fingerprint density at radius 3 is 2.36 bits per heavy atom.